The van der Waals surface area contributed by atoms with Gasteiger partial charge in [-0.1, -0.05) is 27.7 Å². The van der Waals surface area contributed by atoms with E-state index in [4.69, 9.17) is 5.73 Å². The Morgan fingerprint density at radius 3 is 2.75 bits per heavy atom. The van der Waals surface area contributed by atoms with E-state index in [1.807, 2.05) is 42.9 Å². The first-order valence-electron chi connectivity index (χ1n) is 4.80. The zero-order valence-corrected chi connectivity index (χ0v) is 11.5. The van der Waals surface area contributed by atoms with E-state index in [1.54, 1.807) is 11.8 Å². The van der Waals surface area contributed by atoms with Gasteiger partial charge in [0.2, 0.25) is 0 Å². The van der Waals surface area contributed by atoms with Crippen LogP contribution < -0.4 is 5.73 Å². The van der Waals surface area contributed by atoms with Crippen LogP contribution in [-0.4, -0.2) is 9.78 Å². The van der Waals surface area contributed by atoms with Gasteiger partial charge < -0.3 is 5.73 Å². The van der Waals surface area contributed by atoms with Crippen LogP contribution in [0.2, 0.25) is 0 Å². The lowest BCUT2D eigenvalue weighted by Crippen LogP contribution is -1.93. The lowest BCUT2D eigenvalue weighted by atomic mass is 10.3. The number of anilines is 1. The molecule has 0 radical (unpaired) electrons. The van der Waals surface area contributed by atoms with Gasteiger partial charge in [-0.05, 0) is 31.2 Å². The maximum Gasteiger partial charge on any atom is 0.0987 e. The third kappa shape index (κ3) is 2.41. The number of aryl methyl sites for hydroxylation is 2. The number of nitrogens with zero attached hydrogens (tertiary/aromatic N) is 2. The maximum absolute atomic E-state index is 5.92. The van der Waals surface area contributed by atoms with Crippen molar-refractivity contribution >= 4 is 33.4 Å². The van der Waals surface area contributed by atoms with Crippen molar-refractivity contribution in [3.8, 4) is 0 Å². The molecule has 1 aromatic carbocycles. The Labute approximate surface area is 107 Å². The monoisotopic (exact) mass is 297 g/mol. The quantitative estimate of drug-likeness (QED) is 0.866. The first kappa shape index (κ1) is 11.5. The van der Waals surface area contributed by atoms with Crippen LogP contribution in [-0.2, 0) is 7.05 Å². The van der Waals surface area contributed by atoms with E-state index in [9.17, 15) is 0 Å². The van der Waals surface area contributed by atoms with Gasteiger partial charge in [-0.25, -0.2) is 0 Å². The molecular weight excluding hydrogens is 286 g/mol. The summed E-state index contributed by atoms with van der Waals surface area (Å²) >= 11 is 5.06. The summed E-state index contributed by atoms with van der Waals surface area (Å²) in [6.07, 6.45) is 0. The number of rotatable bonds is 2. The second-order valence-corrected chi connectivity index (χ2v) is 5.51. The minimum absolute atomic E-state index is 0.784. The summed E-state index contributed by atoms with van der Waals surface area (Å²) in [6.45, 7) is 1.98. The smallest absolute Gasteiger partial charge is 0.0987 e. The van der Waals surface area contributed by atoms with Crippen molar-refractivity contribution in [2.45, 2.75) is 16.8 Å². The van der Waals surface area contributed by atoms with Gasteiger partial charge in [0.1, 0.15) is 0 Å². The van der Waals surface area contributed by atoms with Crippen LogP contribution in [0.1, 0.15) is 5.69 Å². The zero-order chi connectivity index (χ0) is 11.7. The molecule has 2 N–H and O–H groups in total. The normalized spacial score (nSPS) is 10.7. The second kappa shape index (κ2) is 4.51. The van der Waals surface area contributed by atoms with Crippen LogP contribution in [0.4, 0.5) is 5.69 Å². The van der Waals surface area contributed by atoms with E-state index in [0.29, 0.717) is 0 Å². The molecule has 3 nitrogen and oxygen atoms in total. The summed E-state index contributed by atoms with van der Waals surface area (Å²) in [6, 6.07) is 7.90. The van der Waals surface area contributed by atoms with Gasteiger partial charge in [-0.15, -0.1) is 0 Å². The molecule has 1 aromatic heterocycles. The van der Waals surface area contributed by atoms with Crippen molar-refractivity contribution in [1.29, 1.82) is 0 Å². The van der Waals surface area contributed by atoms with Crippen molar-refractivity contribution in [3.63, 3.8) is 0 Å². The summed E-state index contributed by atoms with van der Waals surface area (Å²) in [5, 5.41) is 5.39. The minimum atomic E-state index is 0.784. The first-order valence-corrected chi connectivity index (χ1v) is 6.41. The summed E-state index contributed by atoms with van der Waals surface area (Å²) < 4.78 is 2.89. The van der Waals surface area contributed by atoms with E-state index >= 15 is 0 Å². The lowest BCUT2D eigenvalue weighted by molar-refractivity contribution is 0.692. The van der Waals surface area contributed by atoms with Crippen LogP contribution in [0.3, 0.4) is 0 Å². The fraction of sp³-hybridized carbons (Fsp3) is 0.182. The third-order valence-electron chi connectivity index (χ3n) is 2.15. The number of aromatic nitrogens is 2. The molecule has 0 saturated heterocycles. The number of nitrogens with two attached hydrogens (primary N) is 1. The minimum Gasteiger partial charge on any atom is -0.398 e. The molecule has 0 aliphatic carbocycles. The topological polar surface area (TPSA) is 43.8 Å². The van der Waals surface area contributed by atoms with Gasteiger partial charge in [0, 0.05) is 22.1 Å². The van der Waals surface area contributed by atoms with Crippen molar-refractivity contribution < 1.29 is 0 Å². The predicted octanol–water partition coefficient (Wildman–Crippen LogP) is 3.22. The highest BCUT2D eigenvalue weighted by Gasteiger charge is 2.07. The van der Waals surface area contributed by atoms with Gasteiger partial charge in [0.05, 0.1) is 10.7 Å². The van der Waals surface area contributed by atoms with E-state index in [-0.39, 0.29) is 0 Å². The fourth-order valence-electron chi connectivity index (χ4n) is 1.39. The molecule has 0 amide bonds. The van der Waals surface area contributed by atoms with E-state index in [0.717, 1.165) is 25.8 Å². The number of benzene rings is 1. The molecule has 0 atom stereocenters. The molecule has 5 heteroatoms. The molecule has 1 heterocycles. The molecule has 2 rings (SSSR count). The van der Waals surface area contributed by atoms with Crippen molar-refractivity contribution in [2.75, 3.05) is 5.73 Å². The standard InChI is InChI=1S/C11H12BrN3S/c1-7-5-11(15(2)14-7)16-10-6-8(12)3-4-9(10)13/h3-6H,13H2,1-2H3. The Hall–Kier alpha value is -0.940. The highest BCUT2D eigenvalue weighted by atomic mass is 79.9. The van der Waals surface area contributed by atoms with Crippen LogP contribution in [0.15, 0.2) is 38.7 Å². The molecule has 0 bridgehead atoms. The number of nitrogen functional groups attached to an aromatic ring is 1. The largest absolute Gasteiger partial charge is 0.398 e. The summed E-state index contributed by atoms with van der Waals surface area (Å²) in [5.41, 5.74) is 7.72. The first-order chi connectivity index (χ1) is 7.56. The van der Waals surface area contributed by atoms with Crippen molar-refractivity contribution in [2.24, 2.45) is 7.05 Å². The van der Waals surface area contributed by atoms with Gasteiger partial charge in [0.25, 0.3) is 0 Å². The highest BCUT2D eigenvalue weighted by molar-refractivity contribution is 9.10. The zero-order valence-electron chi connectivity index (χ0n) is 9.07. The summed E-state index contributed by atoms with van der Waals surface area (Å²) in [4.78, 5) is 1.04. The van der Waals surface area contributed by atoms with Crippen LogP contribution >= 0.6 is 27.7 Å². The molecule has 0 aliphatic heterocycles. The Balaban J connectivity index is 2.33. The molecule has 16 heavy (non-hydrogen) atoms. The average Bonchev–Trinajstić information content (AvgIpc) is 2.51. The SMILES string of the molecule is Cc1cc(Sc2cc(Br)ccc2N)n(C)n1. The highest BCUT2D eigenvalue weighted by Crippen LogP contribution is 2.33. The van der Waals surface area contributed by atoms with Crippen LogP contribution in [0.5, 0.6) is 0 Å². The fourth-order valence-corrected chi connectivity index (χ4v) is 2.90. The summed E-state index contributed by atoms with van der Waals surface area (Å²) in [7, 11) is 1.93. The van der Waals surface area contributed by atoms with E-state index in [2.05, 4.69) is 21.0 Å². The Morgan fingerprint density at radius 2 is 2.12 bits per heavy atom. The molecule has 0 spiro atoms. The van der Waals surface area contributed by atoms with Gasteiger partial charge in [-0.3, -0.25) is 4.68 Å². The van der Waals surface area contributed by atoms with E-state index < -0.39 is 0 Å². The molecular formula is C11H12BrN3S. The molecule has 84 valence electrons. The average molecular weight is 298 g/mol. The van der Waals surface area contributed by atoms with Crippen molar-refractivity contribution in [3.05, 3.63) is 34.4 Å². The van der Waals surface area contributed by atoms with Gasteiger partial charge >= 0.3 is 0 Å². The van der Waals surface area contributed by atoms with E-state index in [1.165, 1.54) is 0 Å². The van der Waals surface area contributed by atoms with Crippen LogP contribution in [0, 0.1) is 6.92 Å². The van der Waals surface area contributed by atoms with Crippen molar-refractivity contribution in [1.82, 2.24) is 9.78 Å². The number of hydrogen-bond donors (Lipinski definition) is 1. The Morgan fingerprint density at radius 1 is 1.38 bits per heavy atom. The molecule has 0 fully saturated rings. The predicted molar refractivity (Wildman–Crippen MR) is 70.6 cm³/mol. The van der Waals surface area contributed by atoms with Gasteiger partial charge in [0.15, 0.2) is 0 Å². The molecule has 2 aromatic rings. The van der Waals surface area contributed by atoms with Crippen LogP contribution in [0.25, 0.3) is 0 Å². The van der Waals surface area contributed by atoms with Gasteiger partial charge in [-0.2, -0.15) is 5.10 Å². The third-order valence-corrected chi connectivity index (χ3v) is 3.81. The second-order valence-electron chi connectivity index (χ2n) is 3.53. The molecule has 0 saturated carbocycles. The number of hydrogen-bond acceptors (Lipinski definition) is 3. The molecule has 0 aliphatic rings. The number of halogens is 1. The maximum atomic E-state index is 5.92. The Kier molecular flexibility index (Phi) is 3.25. The lowest BCUT2D eigenvalue weighted by Gasteiger charge is -2.05. The summed E-state index contributed by atoms with van der Waals surface area (Å²) in [5.74, 6) is 0. The molecule has 0 unspecified atom stereocenters. The Bertz CT molecular complexity index is 522.